The number of benzene rings is 1. The van der Waals surface area contributed by atoms with E-state index in [9.17, 15) is 4.79 Å². The highest BCUT2D eigenvalue weighted by Crippen LogP contribution is 2.36. The molecule has 0 aliphatic carbocycles. The molecule has 0 radical (unpaired) electrons. The van der Waals surface area contributed by atoms with Crippen molar-refractivity contribution >= 4 is 17.2 Å². The van der Waals surface area contributed by atoms with Crippen molar-refractivity contribution < 1.29 is 14.3 Å². The second-order valence-corrected chi connectivity index (χ2v) is 9.06. The van der Waals surface area contributed by atoms with Gasteiger partial charge in [-0.15, -0.1) is 11.3 Å². The van der Waals surface area contributed by atoms with Crippen molar-refractivity contribution in [2.75, 3.05) is 39.5 Å². The van der Waals surface area contributed by atoms with Crippen LogP contribution in [-0.2, 0) is 24.1 Å². The molecule has 1 aromatic heterocycles. The molecule has 6 heteroatoms. The van der Waals surface area contributed by atoms with E-state index in [1.54, 1.807) is 0 Å². The maximum absolute atomic E-state index is 12.9. The van der Waals surface area contributed by atoms with Crippen molar-refractivity contribution in [1.82, 2.24) is 9.80 Å². The van der Waals surface area contributed by atoms with Crippen LogP contribution in [0.2, 0.25) is 0 Å². The van der Waals surface area contributed by atoms with Crippen LogP contribution >= 0.6 is 11.3 Å². The van der Waals surface area contributed by atoms with Crippen molar-refractivity contribution in [2.45, 2.75) is 25.7 Å². The zero-order valence-corrected chi connectivity index (χ0v) is 16.9. The predicted molar refractivity (Wildman–Crippen MR) is 109 cm³/mol. The Balaban J connectivity index is 1.17. The molecule has 1 fully saturated rings. The molecule has 0 bridgehead atoms. The number of amides is 1. The van der Waals surface area contributed by atoms with E-state index in [4.69, 9.17) is 9.47 Å². The average molecular weight is 399 g/mol. The van der Waals surface area contributed by atoms with Crippen LogP contribution in [0.5, 0.6) is 11.5 Å². The summed E-state index contributed by atoms with van der Waals surface area (Å²) in [5.41, 5.74) is 2.32. The minimum Gasteiger partial charge on any atom is -0.454 e. The van der Waals surface area contributed by atoms with Crippen molar-refractivity contribution in [2.24, 2.45) is 5.92 Å². The van der Waals surface area contributed by atoms with E-state index < -0.39 is 0 Å². The number of nitrogens with zero attached hydrogens (tertiary/aromatic N) is 2. The van der Waals surface area contributed by atoms with Gasteiger partial charge in [0.2, 0.25) is 12.7 Å². The number of fused-ring (bicyclic) bond motifs is 2. The van der Waals surface area contributed by atoms with Gasteiger partial charge >= 0.3 is 0 Å². The third-order valence-electron chi connectivity index (χ3n) is 6.14. The van der Waals surface area contributed by atoms with Gasteiger partial charge in [0.25, 0.3) is 0 Å². The predicted octanol–water partition coefficient (Wildman–Crippen LogP) is 2.97. The topological polar surface area (TPSA) is 42.0 Å². The Morgan fingerprint density at radius 1 is 1.14 bits per heavy atom. The van der Waals surface area contributed by atoms with Crippen LogP contribution in [0, 0.1) is 5.92 Å². The first kappa shape index (κ1) is 18.0. The van der Waals surface area contributed by atoms with Crippen LogP contribution in [0.25, 0.3) is 0 Å². The fourth-order valence-corrected chi connectivity index (χ4v) is 5.27. The van der Waals surface area contributed by atoms with E-state index in [2.05, 4.69) is 33.4 Å². The summed E-state index contributed by atoms with van der Waals surface area (Å²) in [6.45, 7) is 5.36. The molecule has 4 heterocycles. The molecule has 1 saturated heterocycles. The Morgan fingerprint density at radius 3 is 2.82 bits per heavy atom. The van der Waals surface area contributed by atoms with Gasteiger partial charge in [0.1, 0.15) is 0 Å². The van der Waals surface area contributed by atoms with Gasteiger partial charge in [-0.25, -0.2) is 0 Å². The van der Waals surface area contributed by atoms with Gasteiger partial charge in [-0.2, -0.15) is 0 Å². The van der Waals surface area contributed by atoms with Crippen molar-refractivity contribution in [3.8, 4) is 11.5 Å². The van der Waals surface area contributed by atoms with Crippen molar-refractivity contribution in [3.63, 3.8) is 0 Å². The van der Waals surface area contributed by atoms with Crippen LogP contribution in [0.15, 0.2) is 29.6 Å². The summed E-state index contributed by atoms with van der Waals surface area (Å²) in [5.74, 6) is 2.42. The first-order valence-corrected chi connectivity index (χ1v) is 11.1. The van der Waals surface area contributed by atoms with E-state index in [1.165, 1.54) is 16.9 Å². The van der Waals surface area contributed by atoms with Crippen molar-refractivity contribution in [1.29, 1.82) is 0 Å². The Bertz CT molecular complexity index is 852. The van der Waals surface area contributed by atoms with E-state index in [1.807, 2.05) is 17.4 Å². The number of rotatable bonds is 5. The number of thiophene rings is 1. The Kier molecular flexibility index (Phi) is 4.99. The molecule has 5 rings (SSSR count). The normalized spacial score (nSPS) is 21.8. The van der Waals surface area contributed by atoms with Crippen LogP contribution in [-0.4, -0.2) is 55.2 Å². The average Bonchev–Trinajstić information content (AvgIpc) is 3.43. The summed E-state index contributed by atoms with van der Waals surface area (Å²) in [7, 11) is 0. The van der Waals surface area contributed by atoms with Gasteiger partial charge in [-0.1, -0.05) is 6.07 Å². The Labute approximate surface area is 169 Å². The number of hydrogen-bond donors (Lipinski definition) is 0. The van der Waals surface area contributed by atoms with Gasteiger partial charge in [0.05, 0.1) is 6.42 Å². The Hall–Kier alpha value is -2.05. The van der Waals surface area contributed by atoms with Gasteiger partial charge in [0.15, 0.2) is 11.5 Å². The molecule has 148 valence electrons. The lowest BCUT2D eigenvalue weighted by molar-refractivity contribution is -0.130. The number of hydrogen-bond acceptors (Lipinski definition) is 5. The molecule has 1 unspecified atom stereocenters. The monoisotopic (exact) mass is 398 g/mol. The summed E-state index contributed by atoms with van der Waals surface area (Å²) < 4.78 is 11.0. The number of carbonyl (C=O) groups excluding carboxylic acids is 1. The lowest BCUT2D eigenvalue weighted by Crippen LogP contribution is -2.37. The number of ether oxygens (including phenoxy) is 2. The Morgan fingerprint density at radius 2 is 2.00 bits per heavy atom. The maximum Gasteiger partial charge on any atom is 0.231 e. The van der Waals surface area contributed by atoms with Gasteiger partial charge in [-0.3, -0.25) is 4.79 Å². The summed E-state index contributed by atoms with van der Waals surface area (Å²) in [6, 6.07) is 8.41. The van der Waals surface area contributed by atoms with Crippen LogP contribution in [0.3, 0.4) is 0 Å². The molecular weight excluding hydrogens is 372 g/mol. The minimum absolute atomic E-state index is 0.245. The van der Waals surface area contributed by atoms with E-state index >= 15 is 0 Å². The molecule has 3 aliphatic heterocycles. The molecule has 5 nitrogen and oxygen atoms in total. The number of carbonyl (C=O) groups is 1. The summed E-state index contributed by atoms with van der Waals surface area (Å²) in [4.78, 5) is 19.0. The first-order valence-electron chi connectivity index (χ1n) is 10.2. The van der Waals surface area contributed by atoms with E-state index in [0.29, 0.717) is 12.3 Å². The second-order valence-electron chi connectivity index (χ2n) is 8.03. The van der Waals surface area contributed by atoms with E-state index in [-0.39, 0.29) is 12.7 Å². The van der Waals surface area contributed by atoms with Gasteiger partial charge < -0.3 is 19.3 Å². The standard InChI is InChI=1S/C22H26N2O3S/c25-22-12-18-11-21-20(26-15-27-21)10-17(18)4-8-24(22)14-16-3-6-23(13-16)7-5-19-2-1-9-28-19/h1-2,9-11,16H,3-8,12-15H2. The fourth-order valence-electron chi connectivity index (χ4n) is 4.57. The van der Waals surface area contributed by atoms with Crippen LogP contribution in [0.1, 0.15) is 22.4 Å². The molecule has 28 heavy (non-hydrogen) atoms. The maximum atomic E-state index is 12.9. The number of likely N-dealkylation sites (tertiary alicyclic amines) is 1. The molecule has 0 N–H and O–H groups in total. The lowest BCUT2D eigenvalue weighted by Gasteiger charge is -2.24. The molecule has 3 aliphatic rings. The molecule has 1 aromatic carbocycles. The van der Waals surface area contributed by atoms with Crippen molar-refractivity contribution in [3.05, 3.63) is 45.6 Å². The lowest BCUT2D eigenvalue weighted by atomic mass is 10.0. The minimum atomic E-state index is 0.245. The SMILES string of the molecule is O=C1Cc2cc3c(cc2CCN1CC1CCN(CCc2cccs2)C1)OCO3. The summed E-state index contributed by atoms with van der Waals surface area (Å²) in [5, 5.41) is 2.15. The fraction of sp³-hybridized carbons (Fsp3) is 0.500. The second kappa shape index (κ2) is 7.76. The largest absolute Gasteiger partial charge is 0.454 e. The molecule has 0 saturated carbocycles. The smallest absolute Gasteiger partial charge is 0.231 e. The van der Waals surface area contributed by atoms with Gasteiger partial charge in [-0.05, 0) is 66.4 Å². The molecule has 0 spiro atoms. The zero-order chi connectivity index (χ0) is 18.9. The highest BCUT2D eigenvalue weighted by Gasteiger charge is 2.29. The quantitative estimate of drug-likeness (QED) is 0.777. The van der Waals surface area contributed by atoms with Crippen LogP contribution < -0.4 is 9.47 Å². The summed E-state index contributed by atoms with van der Waals surface area (Å²) in [6.07, 6.45) is 3.70. The van der Waals surface area contributed by atoms with Gasteiger partial charge in [0, 0.05) is 31.1 Å². The van der Waals surface area contributed by atoms with Crippen LogP contribution in [0.4, 0.5) is 0 Å². The summed E-state index contributed by atoms with van der Waals surface area (Å²) >= 11 is 1.84. The molecule has 1 amide bonds. The van der Waals surface area contributed by atoms with E-state index in [0.717, 1.165) is 62.6 Å². The third kappa shape index (κ3) is 3.76. The highest BCUT2D eigenvalue weighted by atomic mass is 32.1. The molecule has 1 atom stereocenters. The zero-order valence-electron chi connectivity index (χ0n) is 16.1. The highest BCUT2D eigenvalue weighted by molar-refractivity contribution is 7.09. The molecule has 2 aromatic rings. The third-order valence-corrected chi connectivity index (χ3v) is 7.08. The molecular formula is C22H26N2O3S. The first-order chi connectivity index (χ1) is 13.7.